The molecule has 0 saturated carbocycles. The number of cyclic esters (lactones) is 1. The Morgan fingerprint density at radius 3 is 2.65 bits per heavy atom. The number of methoxy groups -OCH3 is 2. The van der Waals surface area contributed by atoms with Crippen LogP contribution in [0.15, 0.2) is 0 Å². The number of esters is 1. The largest absolute Gasteiger partial charge is 0.465 e. The van der Waals surface area contributed by atoms with E-state index in [-0.39, 0.29) is 11.9 Å². The van der Waals surface area contributed by atoms with Gasteiger partial charge in [-0.05, 0) is 12.8 Å². The van der Waals surface area contributed by atoms with Crippen LogP contribution >= 0.6 is 15.9 Å². The highest BCUT2D eigenvalue weighted by molar-refractivity contribution is 9.09. The van der Waals surface area contributed by atoms with Crippen LogP contribution in [0.1, 0.15) is 19.3 Å². The first-order valence-corrected chi connectivity index (χ1v) is 6.70. The van der Waals surface area contributed by atoms with E-state index in [4.69, 9.17) is 14.2 Å². The van der Waals surface area contributed by atoms with Gasteiger partial charge in [0.2, 0.25) is 0 Å². The van der Waals surface area contributed by atoms with Crippen molar-refractivity contribution >= 4 is 21.9 Å². The number of ether oxygens (including phenoxy) is 3. The lowest BCUT2D eigenvalue weighted by Gasteiger charge is -2.31. The van der Waals surface area contributed by atoms with Gasteiger partial charge in [0.05, 0.1) is 24.0 Å². The average Bonchev–Trinajstić information content (AvgIpc) is 2.72. The van der Waals surface area contributed by atoms with Gasteiger partial charge in [-0.3, -0.25) is 4.79 Å². The third-order valence-electron chi connectivity index (χ3n) is 3.09. The summed E-state index contributed by atoms with van der Waals surface area (Å²) in [4.78, 5) is 11.3. The van der Waals surface area contributed by atoms with Crippen molar-refractivity contribution in [2.75, 3.05) is 26.2 Å². The summed E-state index contributed by atoms with van der Waals surface area (Å²) in [6.07, 6.45) is 0.732. The minimum atomic E-state index is -0.845. The molecule has 0 aromatic rings. The molecule has 6 heteroatoms. The molecule has 0 spiro atoms. The maximum Gasteiger partial charge on any atom is 0.309 e. The Kier molecular flexibility index (Phi) is 5.85. The standard InChI is InChI=1S/C11H19BrO5/c1-15-11(7-12,16-2)6-9(13)5-8-3-4-17-10(8)14/h8-9,13H,3-7H2,1-2H3. The molecule has 2 atom stereocenters. The molecule has 0 aromatic carbocycles. The van der Waals surface area contributed by atoms with E-state index in [9.17, 15) is 9.90 Å². The Hall–Kier alpha value is -0.170. The Bertz CT molecular complexity index is 246. The number of rotatable bonds is 7. The number of aliphatic hydroxyl groups excluding tert-OH is 1. The van der Waals surface area contributed by atoms with Crippen LogP contribution in [0.25, 0.3) is 0 Å². The third kappa shape index (κ3) is 3.91. The number of carbonyl (C=O) groups is 1. The van der Waals surface area contributed by atoms with Gasteiger partial charge in [0.1, 0.15) is 0 Å². The molecule has 1 aliphatic heterocycles. The molecule has 0 aliphatic carbocycles. The van der Waals surface area contributed by atoms with Crippen LogP contribution in [-0.2, 0) is 19.0 Å². The van der Waals surface area contributed by atoms with E-state index in [0.717, 1.165) is 0 Å². The predicted octanol–water partition coefficient (Wildman–Crippen LogP) is 1.07. The summed E-state index contributed by atoms with van der Waals surface area (Å²) >= 11 is 3.29. The lowest BCUT2D eigenvalue weighted by molar-refractivity contribution is -0.205. The first-order chi connectivity index (χ1) is 8.06. The zero-order chi connectivity index (χ0) is 12.9. The van der Waals surface area contributed by atoms with Crippen molar-refractivity contribution in [1.82, 2.24) is 0 Å². The molecule has 17 heavy (non-hydrogen) atoms. The van der Waals surface area contributed by atoms with E-state index in [2.05, 4.69) is 15.9 Å². The smallest absolute Gasteiger partial charge is 0.309 e. The van der Waals surface area contributed by atoms with Crippen molar-refractivity contribution in [2.24, 2.45) is 5.92 Å². The van der Waals surface area contributed by atoms with Gasteiger partial charge in [0.15, 0.2) is 5.79 Å². The Morgan fingerprint density at radius 2 is 2.24 bits per heavy atom. The van der Waals surface area contributed by atoms with Crippen molar-refractivity contribution in [3.05, 3.63) is 0 Å². The summed E-state index contributed by atoms with van der Waals surface area (Å²) in [6.45, 7) is 0.453. The molecular weight excluding hydrogens is 292 g/mol. The Morgan fingerprint density at radius 1 is 1.59 bits per heavy atom. The predicted molar refractivity (Wildman–Crippen MR) is 64.8 cm³/mol. The molecular formula is C11H19BrO5. The Labute approximate surface area is 110 Å². The summed E-state index contributed by atoms with van der Waals surface area (Å²) in [7, 11) is 3.06. The van der Waals surface area contributed by atoms with E-state index in [1.807, 2.05) is 0 Å². The van der Waals surface area contributed by atoms with Crippen LogP contribution in [0.3, 0.4) is 0 Å². The molecule has 1 aliphatic rings. The highest BCUT2D eigenvalue weighted by Gasteiger charge is 2.35. The van der Waals surface area contributed by atoms with Crippen LogP contribution in [-0.4, -0.2) is 49.1 Å². The number of alkyl halides is 1. The molecule has 1 saturated heterocycles. The maximum absolute atomic E-state index is 11.3. The molecule has 1 N–H and O–H groups in total. The molecule has 1 fully saturated rings. The van der Waals surface area contributed by atoms with Gasteiger partial charge in [-0.2, -0.15) is 0 Å². The summed E-state index contributed by atoms with van der Waals surface area (Å²) in [6, 6.07) is 0. The van der Waals surface area contributed by atoms with Gasteiger partial charge in [-0.15, -0.1) is 0 Å². The summed E-state index contributed by atoms with van der Waals surface area (Å²) in [5, 5.41) is 10.4. The molecule has 0 aromatic heterocycles. The monoisotopic (exact) mass is 310 g/mol. The molecule has 2 unspecified atom stereocenters. The van der Waals surface area contributed by atoms with Crippen LogP contribution < -0.4 is 0 Å². The van der Waals surface area contributed by atoms with Crippen LogP contribution in [0, 0.1) is 5.92 Å². The fraction of sp³-hybridized carbons (Fsp3) is 0.909. The number of hydrogen-bond donors (Lipinski definition) is 1. The van der Waals surface area contributed by atoms with Crippen LogP contribution in [0.4, 0.5) is 0 Å². The normalized spacial score (nSPS) is 22.6. The molecule has 0 amide bonds. The van der Waals surface area contributed by atoms with Gasteiger partial charge in [0.25, 0.3) is 0 Å². The topological polar surface area (TPSA) is 65.0 Å². The second kappa shape index (κ2) is 6.68. The SMILES string of the molecule is COC(CBr)(CC(O)CC1CCOC1=O)OC. The number of halogens is 1. The molecule has 1 rings (SSSR count). The first-order valence-electron chi connectivity index (χ1n) is 5.58. The second-order valence-electron chi connectivity index (χ2n) is 4.20. The highest BCUT2D eigenvalue weighted by atomic mass is 79.9. The fourth-order valence-electron chi connectivity index (χ4n) is 1.94. The lowest BCUT2D eigenvalue weighted by atomic mass is 9.96. The maximum atomic E-state index is 11.3. The van der Waals surface area contributed by atoms with Gasteiger partial charge in [-0.1, -0.05) is 15.9 Å². The second-order valence-corrected chi connectivity index (χ2v) is 4.76. The molecule has 5 nitrogen and oxygen atoms in total. The van der Waals surface area contributed by atoms with E-state index >= 15 is 0 Å². The van der Waals surface area contributed by atoms with Gasteiger partial charge >= 0.3 is 5.97 Å². The highest BCUT2D eigenvalue weighted by Crippen LogP contribution is 2.27. The number of hydrogen-bond acceptors (Lipinski definition) is 5. The lowest BCUT2D eigenvalue weighted by Crippen LogP contribution is -2.40. The first kappa shape index (κ1) is 14.9. The fourth-order valence-corrected chi connectivity index (χ4v) is 2.62. The van der Waals surface area contributed by atoms with E-state index in [1.165, 1.54) is 14.2 Å². The third-order valence-corrected chi connectivity index (χ3v) is 3.95. The van der Waals surface area contributed by atoms with Crippen molar-refractivity contribution < 1.29 is 24.1 Å². The minimum Gasteiger partial charge on any atom is -0.465 e. The molecule has 0 radical (unpaired) electrons. The summed E-state index contributed by atoms with van der Waals surface area (Å²) in [5.41, 5.74) is 0. The van der Waals surface area contributed by atoms with E-state index in [1.54, 1.807) is 0 Å². The number of aliphatic hydroxyl groups is 1. The zero-order valence-electron chi connectivity index (χ0n) is 10.1. The van der Waals surface area contributed by atoms with Gasteiger partial charge < -0.3 is 19.3 Å². The van der Waals surface area contributed by atoms with Gasteiger partial charge in [0, 0.05) is 20.6 Å². The van der Waals surface area contributed by atoms with Crippen LogP contribution in [0.5, 0.6) is 0 Å². The summed E-state index contributed by atoms with van der Waals surface area (Å²) in [5.74, 6) is -1.27. The van der Waals surface area contributed by atoms with Crippen molar-refractivity contribution in [2.45, 2.75) is 31.2 Å². The quantitative estimate of drug-likeness (QED) is 0.433. The van der Waals surface area contributed by atoms with E-state index < -0.39 is 11.9 Å². The number of carbonyl (C=O) groups excluding carboxylic acids is 1. The van der Waals surface area contributed by atoms with Crippen LogP contribution in [0.2, 0.25) is 0 Å². The van der Waals surface area contributed by atoms with Gasteiger partial charge in [-0.25, -0.2) is 0 Å². The zero-order valence-corrected chi connectivity index (χ0v) is 11.7. The van der Waals surface area contributed by atoms with Crippen molar-refractivity contribution in [1.29, 1.82) is 0 Å². The molecule has 1 heterocycles. The van der Waals surface area contributed by atoms with E-state index in [0.29, 0.717) is 31.2 Å². The summed E-state index contributed by atoms with van der Waals surface area (Å²) < 4.78 is 15.4. The minimum absolute atomic E-state index is 0.202. The Balaban J connectivity index is 2.47. The van der Waals surface area contributed by atoms with Crippen molar-refractivity contribution in [3.8, 4) is 0 Å². The van der Waals surface area contributed by atoms with Crippen molar-refractivity contribution in [3.63, 3.8) is 0 Å². The average molecular weight is 311 g/mol. The molecule has 0 bridgehead atoms. The molecule has 100 valence electrons.